The van der Waals surface area contributed by atoms with E-state index < -0.39 is 0 Å². The van der Waals surface area contributed by atoms with Crippen molar-refractivity contribution in [3.05, 3.63) is 70.0 Å². The number of nitrogens with one attached hydrogen (secondary N) is 1. The predicted octanol–water partition coefficient (Wildman–Crippen LogP) is 5.21. The topological polar surface area (TPSA) is 24.9 Å². The highest BCUT2D eigenvalue weighted by Gasteiger charge is 2.39. The van der Waals surface area contributed by atoms with Gasteiger partial charge in [0.25, 0.3) is 0 Å². The number of allylic oxidation sites excluding steroid dienone is 2. The van der Waals surface area contributed by atoms with Gasteiger partial charge >= 0.3 is 0 Å². The zero-order valence-electron chi connectivity index (χ0n) is 11.3. The maximum Gasteiger partial charge on any atom is 0.0641 e. The van der Waals surface area contributed by atoms with Crippen LogP contribution in [0.4, 0.5) is 5.69 Å². The molecule has 2 heterocycles. The van der Waals surface area contributed by atoms with Crippen molar-refractivity contribution in [3.8, 4) is 0 Å². The van der Waals surface area contributed by atoms with E-state index in [0.29, 0.717) is 11.8 Å². The molecule has 0 saturated heterocycles. The molecule has 0 amide bonds. The van der Waals surface area contributed by atoms with Crippen LogP contribution in [0.1, 0.15) is 29.5 Å². The lowest BCUT2D eigenvalue weighted by Crippen LogP contribution is -2.29. The first kappa shape index (κ1) is 13.2. The van der Waals surface area contributed by atoms with Gasteiger partial charge in [-0.2, -0.15) is 0 Å². The van der Waals surface area contributed by atoms with E-state index in [4.69, 9.17) is 23.2 Å². The van der Waals surface area contributed by atoms with Crippen LogP contribution in [0.15, 0.2) is 48.8 Å². The van der Waals surface area contributed by atoms with E-state index in [9.17, 15) is 0 Å². The lowest BCUT2D eigenvalue weighted by atomic mass is 9.77. The molecule has 1 aromatic heterocycles. The van der Waals surface area contributed by atoms with Crippen LogP contribution in [-0.4, -0.2) is 4.98 Å². The van der Waals surface area contributed by atoms with Crippen LogP contribution < -0.4 is 5.32 Å². The number of hydrogen-bond acceptors (Lipinski definition) is 2. The summed E-state index contributed by atoms with van der Waals surface area (Å²) in [6, 6.07) is 8.04. The number of benzene rings is 1. The minimum atomic E-state index is 0.210. The fourth-order valence-electron chi connectivity index (χ4n) is 3.52. The van der Waals surface area contributed by atoms with Crippen molar-refractivity contribution < 1.29 is 0 Å². The summed E-state index contributed by atoms with van der Waals surface area (Å²) in [5.41, 5.74) is 3.28. The molecule has 0 bridgehead atoms. The molecule has 0 fully saturated rings. The summed E-state index contributed by atoms with van der Waals surface area (Å²) >= 11 is 12.8. The second-order valence-electron chi connectivity index (χ2n) is 5.58. The van der Waals surface area contributed by atoms with Crippen LogP contribution in [-0.2, 0) is 0 Å². The summed E-state index contributed by atoms with van der Waals surface area (Å²) in [6.45, 7) is 0. The van der Waals surface area contributed by atoms with E-state index in [1.54, 1.807) is 6.20 Å². The second-order valence-corrected chi connectivity index (χ2v) is 6.39. The predicted molar refractivity (Wildman–Crippen MR) is 87.1 cm³/mol. The van der Waals surface area contributed by atoms with Crippen LogP contribution in [0.2, 0.25) is 10.0 Å². The van der Waals surface area contributed by atoms with Gasteiger partial charge in [-0.15, -0.1) is 0 Å². The number of nitrogens with zero attached hydrogens (tertiary/aromatic N) is 1. The molecular formula is C17H14Cl2N2. The van der Waals surface area contributed by atoms with E-state index in [-0.39, 0.29) is 6.04 Å². The van der Waals surface area contributed by atoms with Gasteiger partial charge in [-0.05, 0) is 36.1 Å². The number of halogens is 2. The Labute approximate surface area is 133 Å². The Morgan fingerprint density at radius 1 is 1.14 bits per heavy atom. The van der Waals surface area contributed by atoms with Crippen molar-refractivity contribution in [1.82, 2.24) is 4.98 Å². The normalized spacial score (nSPS) is 26.1. The number of fused-ring (bicyclic) bond motifs is 3. The highest BCUT2D eigenvalue weighted by atomic mass is 35.5. The van der Waals surface area contributed by atoms with Crippen molar-refractivity contribution >= 4 is 28.9 Å². The van der Waals surface area contributed by atoms with Crippen LogP contribution in [0.3, 0.4) is 0 Å². The molecular weight excluding hydrogens is 303 g/mol. The van der Waals surface area contributed by atoms with Gasteiger partial charge in [0.15, 0.2) is 0 Å². The minimum absolute atomic E-state index is 0.210. The highest BCUT2D eigenvalue weighted by molar-refractivity contribution is 6.36. The van der Waals surface area contributed by atoms with Crippen molar-refractivity contribution in [2.45, 2.75) is 18.4 Å². The van der Waals surface area contributed by atoms with Gasteiger partial charge in [0.05, 0.1) is 16.8 Å². The smallest absolute Gasteiger partial charge is 0.0641 e. The number of anilines is 1. The summed E-state index contributed by atoms with van der Waals surface area (Å²) in [5.74, 6) is 0.773. The van der Waals surface area contributed by atoms with Crippen LogP contribution in [0.5, 0.6) is 0 Å². The third kappa shape index (κ3) is 2.05. The van der Waals surface area contributed by atoms with Crippen LogP contribution >= 0.6 is 23.2 Å². The first-order valence-electron chi connectivity index (χ1n) is 7.06. The molecule has 3 atom stereocenters. The van der Waals surface area contributed by atoms with Crippen LogP contribution in [0, 0.1) is 5.92 Å². The lowest BCUT2D eigenvalue weighted by molar-refractivity contribution is 0.425. The monoisotopic (exact) mass is 316 g/mol. The van der Waals surface area contributed by atoms with E-state index in [1.165, 1.54) is 5.56 Å². The Morgan fingerprint density at radius 3 is 2.81 bits per heavy atom. The number of aromatic nitrogens is 1. The zero-order valence-corrected chi connectivity index (χ0v) is 12.8. The van der Waals surface area contributed by atoms with E-state index in [1.807, 2.05) is 24.4 Å². The summed E-state index contributed by atoms with van der Waals surface area (Å²) < 4.78 is 0. The number of hydrogen-bond donors (Lipinski definition) is 1. The molecule has 1 aromatic carbocycles. The maximum absolute atomic E-state index is 6.43. The van der Waals surface area contributed by atoms with E-state index >= 15 is 0 Å². The summed E-state index contributed by atoms with van der Waals surface area (Å²) in [4.78, 5) is 4.25. The van der Waals surface area contributed by atoms with E-state index in [2.05, 4.69) is 28.5 Å². The standard InChI is InChI=1S/C17H14Cl2N2/c18-13-6-7-14(19)17-15(13)11-4-1-5-12(11)16(21-17)10-3-2-8-20-9-10/h1-4,6-9,11-12,16,21H,5H2/t11-,12-,16+/m1/s1. The molecule has 2 aliphatic rings. The van der Waals surface area contributed by atoms with Gasteiger partial charge in [0, 0.05) is 28.9 Å². The summed E-state index contributed by atoms with van der Waals surface area (Å²) in [7, 11) is 0. The van der Waals surface area contributed by atoms with Crippen molar-refractivity contribution in [2.75, 3.05) is 5.32 Å². The fourth-order valence-corrected chi connectivity index (χ4v) is 4.02. The largest absolute Gasteiger partial charge is 0.376 e. The second kappa shape index (κ2) is 5.04. The zero-order chi connectivity index (χ0) is 14.4. The molecule has 2 nitrogen and oxygen atoms in total. The molecule has 2 aromatic rings. The average Bonchev–Trinajstić information content (AvgIpc) is 3.00. The van der Waals surface area contributed by atoms with Gasteiger partial charge in [-0.25, -0.2) is 0 Å². The third-order valence-corrected chi connectivity index (χ3v) is 5.10. The van der Waals surface area contributed by atoms with Gasteiger partial charge < -0.3 is 5.32 Å². The quantitative estimate of drug-likeness (QED) is 0.730. The molecule has 0 saturated carbocycles. The SMILES string of the molecule is Clc1ccc(Cl)c2c1N[C@@H](c1cccnc1)[C@@H]1CC=C[C@@H]21. The van der Waals surface area contributed by atoms with Gasteiger partial charge in [0.2, 0.25) is 0 Å². The molecule has 21 heavy (non-hydrogen) atoms. The fraction of sp³-hybridized carbons (Fsp3) is 0.235. The Morgan fingerprint density at radius 2 is 2.00 bits per heavy atom. The third-order valence-electron chi connectivity index (χ3n) is 4.46. The number of pyridine rings is 1. The molecule has 106 valence electrons. The molecule has 4 rings (SSSR count). The number of rotatable bonds is 1. The van der Waals surface area contributed by atoms with Gasteiger partial charge in [-0.1, -0.05) is 41.4 Å². The first-order valence-corrected chi connectivity index (χ1v) is 7.82. The minimum Gasteiger partial charge on any atom is -0.376 e. The molecule has 4 heteroatoms. The maximum atomic E-state index is 6.43. The van der Waals surface area contributed by atoms with E-state index in [0.717, 1.165) is 27.7 Å². The summed E-state index contributed by atoms with van der Waals surface area (Å²) in [5, 5.41) is 5.11. The molecule has 0 spiro atoms. The Bertz CT molecular complexity index is 712. The molecule has 0 radical (unpaired) electrons. The highest BCUT2D eigenvalue weighted by Crippen LogP contribution is 2.53. The summed E-state index contributed by atoms with van der Waals surface area (Å²) in [6.07, 6.45) is 9.27. The molecule has 1 N–H and O–H groups in total. The Hall–Kier alpha value is -1.51. The van der Waals surface area contributed by atoms with Crippen LogP contribution in [0.25, 0.3) is 0 Å². The van der Waals surface area contributed by atoms with Gasteiger partial charge in [0.1, 0.15) is 0 Å². The Balaban J connectivity index is 1.86. The molecule has 1 aliphatic carbocycles. The Kier molecular flexibility index (Phi) is 3.16. The van der Waals surface area contributed by atoms with Crippen molar-refractivity contribution in [3.63, 3.8) is 0 Å². The molecule has 1 aliphatic heterocycles. The lowest BCUT2D eigenvalue weighted by Gasteiger charge is -2.38. The average molecular weight is 317 g/mol. The molecule has 0 unspecified atom stereocenters. The van der Waals surface area contributed by atoms with Crippen molar-refractivity contribution in [1.29, 1.82) is 0 Å². The van der Waals surface area contributed by atoms with Gasteiger partial charge in [-0.3, -0.25) is 4.98 Å². The first-order chi connectivity index (χ1) is 10.3. The van der Waals surface area contributed by atoms with Crippen molar-refractivity contribution in [2.24, 2.45) is 5.92 Å².